The fraction of sp³-hybridized carbons (Fsp3) is 0.214. The van der Waals surface area contributed by atoms with Crippen LogP contribution >= 0.6 is 0 Å². The van der Waals surface area contributed by atoms with E-state index < -0.39 is 0 Å². The molecule has 0 aliphatic heterocycles. The lowest BCUT2D eigenvalue weighted by atomic mass is 10.1. The first-order chi connectivity index (χ1) is 9.72. The molecule has 3 aromatic rings. The lowest BCUT2D eigenvalue weighted by Crippen LogP contribution is -2.11. The number of ether oxygens (including phenoxy) is 1. The Bertz CT molecular complexity index is 787. The van der Waals surface area contributed by atoms with E-state index in [9.17, 15) is 0 Å². The molecule has 2 aromatic heterocycles. The zero-order valence-corrected chi connectivity index (χ0v) is 11.3. The van der Waals surface area contributed by atoms with Gasteiger partial charge in [0.1, 0.15) is 22.9 Å². The van der Waals surface area contributed by atoms with Crippen LogP contribution in [0, 0.1) is 0 Å². The molecule has 102 valence electrons. The van der Waals surface area contributed by atoms with E-state index in [0.29, 0.717) is 23.8 Å². The Morgan fingerprint density at radius 3 is 2.85 bits per heavy atom. The Morgan fingerprint density at radius 2 is 2.10 bits per heavy atom. The van der Waals surface area contributed by atoms with Crippen molar-refractivity contribution in [1.29, 1.82) is 0 Å². The summed E-state index contributed by atoms with van der Waals surface area (Å²) in [6.07, 6.45) is 0. The van der Waals surface area contributed by atoms with Crippen molar-refractivity contribution in [3.63, 3.8) is 0 Å². The molecule has 6 heteroatoms. The third kappa shape index (κ3) is 2.00. The van der Waals surface area contributed by atoms with Crippen molar-refractivity contribution >= 4 is 27.8 Å². The van der Waals surface area contributed by atoms with E-state index in [2.05, 4.69) is 20.3 Å². The standard InChI is InChI=1S/C14H15N5O/c1-16-7-11-17-13(15)9-6-8-4-3-5-10(20-2)12(8)19-14(9)18-11/h3-6,16H,7H2,1-2H3,(H2,15,17,18,19). The van der Waals surface area contributed by atoms with Gasteiger partial charge in [0.2, 0.25) is 0 Å². The van der Waals surface area contributed by atoms with Gasteiger partial charge in [-0.2, -0.15) is 0 Å². The first-order valence-electron chi connectivity index (χ1n) is 6.27. The van der Waals surface area contributed by atoms with Crippen LogP contribution in [-0.4, -0.2) is 29.1 Å². The SMILES string of the molecule is CNCc1nc(N)c2cc3cccc(OC)c3nc2n1. The minimum Gasteiger partial charge on any atom is -0.494 e. The van der Waals surface area contributed by atoms with Crippen molar-refractivity contribution < 1.29 is 4.74 Å². The van der Waals surface area contributed by atoms with Gasteiger partial charge in [0, 0.05) is 5.39 Å². The number of nitrogens with zero attached hydrogens (tertiary/aromatic N) is 3. The quantitative estimate of drug-likeness (QED) is 0.701. The van der Waals surface area contributed by atoms with E-state index in [1.54, 1.807) is 7.11 Å². The van der Waals surface area contributed by atoms with Gasteiger partial charge in [-0.3, -0.25) is 0 Å². The highest BCUT2D eigenvalue weighted by Crippen LogP contribution is 2.27. The molecular formula is C14H15N5O. The molecule has 0 fully saturated rings. The van der Waals surface area contributed by atoms with Gasteiger partial charge >= 0.3 is 0 Å². The first kappa shape index (κ1) is 12.6. The Labute approximate surface area is 116 Å². The zero-order chi connectivity index (χ0) is 14.1. The Hall–Kier alpha value is -2.47. The lowest BCUT2D eigenvalue weighted by Gasteiger charge is -2.08. The number of hydrogen-bond donors (Lipinski definition) is 2. The van der Waals surface area contributed by atoms with Crippen molar-refractivity contribution in [3.05, 3.63) is 30.1 Å². The second kappa shape index (κ2) is 4.90. The molecule has 20 heavy (non-hydrogen) atoms. The topological polar surface area (TPSA) is 86.0 Å². The molecule has 0 atom stereocenters. The van der Waals surface area contributed by atoms with E-state index in [4.69, 9.17) is 10.5 Å². The molecule has 0 saturated heterocycles. The molecule has 6 nitrogen and oxygen atoms in total. The van der Waals surface area contributed by atoms with Gasteiger partial charge in [0.25, 0.3) is 0 Å². The summed E-state index contributed by atoms with van der Waals surface area (Å²) in [5.41, 5.74) is 7.36. The summed E-state index contributed by atoms with van der Waals surface area (Å²) in [4.78, 5) is 13.3. The third-order valence-corrected chi connectivity index (χ3v) is 3.10. The molecule has 0 radical (unpaired) electrons. The van der Waals surface area contributed by atoms with Gasteiger partial charge in [-0.25, -0.2) is 15.0 Å². The molecule has 1 aromatic carbocycles. The number of aromatic nitrogens is 3. The van der Waals surface area contributed by atoms with E-state index in [0.717, 1.165) is 22.0 Å². The fourth-order valence-electron chi connectivity index (χ4n) is 2.18. The molecule has 0 bridgehead atoms. The number of fused-ring (bicyclic) bond motifs is 2. The van der Waals surface area contributed by atoms with Crippen LogP contribution in [0.5, 0.6) is 5.75 Å². The maximum atomic E-state index is 6.00. The lowest BCUT2D eigenvalue weighted by molar-refractivity contribution is 0.419. The Kier molecular flexibility index (Phi) is 3.08. The average molecular weight is 269 g/mol. The van der Waals surface area contributed by atoms with Crippen LogP contribution in [-0.2, 0) is 6.54 Å². The molecular weight excluding hydrogens is 254 g/mol. The highest BCUT2D eigenvalue weighted by molar-refractivity contribution is 5.97. The minimum absolute atomic E-state index is 0.442. The average Bonchev–Trinajstić information content (AvgIpc) is 2.45. The van der Waals surface area contributed by atoms with Gasteiger partial charge in [0.05, 0.1) is 19.0 Å². The molecule has 0 amide bonds. The summed E-state index contributed by atoms with van der Waals surface area (Å²) in [5.74, 6) is 1.79. The largest absolute Gasteiger partial charge is 0.494 e. The zero-order valence-electron chi connectivity index (χ0n) is 11.3. The van der Waals surface area contributed by atoms with E-state index in [1.807, 2.05) is 31.3 Å². The van der Waals surface area contributed by atoms with Crippen molar-refractivity contribution in [1.82, 2.24) is 20.3 Å². The Morgan fingerprint density at radius 1 is 1.25 bits per heavy atom. The normalized spacial score (nSPS) is 11.1. The summed E-state index contributed by atoms with van der Waals surface area (Å²) >= 11 is 0. The molecule has 0 aliphatic carbocycles. The number of benzene rings is 1. The molecule has 3 N–H and O–H groups in total. The van der Waals surface area contributed by atoms with Crippen molar-refractivity contribution in [2.75, 3.05) is 19.9 Å². The molecule has 2 heterocycles. The highest BCUT2D eigenvalue weighted by atomic mass is 16.5. The van der Waals surface area contributed by atoms with Crippen LogP contribution in [0.3, 0.4) is 0 Å². The number of para-hydroxylation sites is 1. The van der Waals surface area contributed by atoms with Crippen LogP contribution < -0.4 is 15.8 Å². The van der Waals surface area contributed by atoms with E-state index >= 15 is 0 Å². The molecule has 0 spiro atoms. The summed E-state index contributed by atoms with van der Waals surface area (Å²) in [6.45, 7) is 0.547. The van der Waals surface area contributed by atoms with Gasteiger partial charge in [0.15, 0.2) is 5.65 Å². The number of nitrogens with two attached hydrogens (primary N) is 1. The monoisotopic (exact) mass is 269 g/mol. The van der Waals surface area contributed by atoms with E-state index in [1.165, 1.54) is 0 Å². The fourth-order valence-corrected chi connectivity index (χ4v) is 2.18. The highest BCUT2D eigenvalue weighted by Gasteiger charge is 2.10. The first-order valence-corrected chi connectivity index (χ1v) is 6.27. The summed E-state index contributed by atoms with van der Waals surface area (Å²) in [5, 5.41) is 4.71. The maximum absolute atomic E-state index is 6.00. The number of methoxy groups -OCH3 is 1. The summed E-state index contributed by atoms with van der Waals surface area (Å²) in [6, 6.07) is 7.70. The number of rotatable bonds is 3. The summed E-state index contributed by atoms with van der Waals surface area (Å²) < 4.78 is 5.33. The van der Waals surface area contributed by atoms with Crippen LogP contribution in [0.4, 0.5) is 5.82 Å². The van der Waals surface area contributed by atoms with E-state index in [-0.39, 0.29) is 0 Å². The maximum Gasteiger partial charge on any atom is 0.165 e. The molecule has 0 aliphatic rings. The van der Waals surface area contributed by atoms with Crippen molar-refractivity contribution in [2.24, 2.45) is 0 Å². The van der Waals surface area contributed by atoms with Gasteiger partial charge in [-0.1, -0.05) is 12.1 Å². The van der Waals surface area contributed by atoms with Crippen LogP contribution in [0.1, 0.15) is 5.82 Å². The van der Waals surface area contributed by atoms with Crippen molar-refractivity contribution in [2.45, 2.75) is 6.54 Å². The minimum atomic E-state index is 0.442. The molecule has 0 saturated carbocycles. The van der Waals surface area contributed by atoms with Crippen LogP contribution in [0.2, 0.25) is 0 Å². The number of nitrogen functional groups attached to an aromatic ring is 1. The van der Waals surface area contributed by atoms with Crippen molar-refractivity contribution in [3.8, 4) is 5.75 Å². The predicted molar refractivity (Wildman–Crippen MR) is 78.6 cm³/mol. The molecule has 3 rings (SSSR count). The Balaban J connectivity index is 2.33. The third-order valence-electron chi connectivity index (χ3n) is 3.10. The number of anilines is 1. The number of nitrogens with one attached hydrogen (secondary N) is 1. The number of pyridine rings is 1. The van der Waals surface area contributed by atoms with Gasteiger partial charge in [-0.05, 0) is 19.2 Å². The predicted octanol–water partition coefficient (Wildman–Crippen LogP) is 1.49. The summed E-state index contributed by atoms with van der Waals surface area (Å²) in [7, 11) is 3.46. The van der Waals surface area contributed by atoms with Crippen LogP contribution in [0.15, 0.2) is 24.3 Å². The number of hydrogen-bond acceptors (Lipinski definition) is 6. The van der Waals surface area contributed by atoms with Gasteiger partial charge in [-0.15, -0.1) is 0 Å². The van der Waals surface area contributed by atoms with Gasteiger partial charge < -0.3 is 15.8 Å². The molecule has 0 unspecified atom stereocenters. The second-order valence-corrected chi connectivity index (χ2v) is 4.45. The second-order valence-electron chi connectivity index (χ2n) is 4.45. The van der Waals surface area contributed by atoms with Crippen LogP contribution in [0.25, 0.3) is 21.9 Å². The smallest absolute Gasteiger partial charge is 0.165 e.